The first kappa shape index (κ1) is 20.4. The van der Waals surface area contributed by atoms with Gasteiger partial charge in [-0.25, -0.2) is 0 Å². The lowest BCUT2D eigenvalue weighted by molar-refractivity contribution is -0.140. The van der Waals surface area contributed by atoms with Crippen molar-refractivity contribution in [3.05, 3.63) is 35.4 Å². The number of aryl methyl sites for hydroxylation is 1. The van der Waals surface area contributed by atoms with Gasteiger partial charge in [0, 0.05) is 45.8 Å². The van der Waals surface area contributed by atoms with Gasteiger partial charge in [-0.1, -0.05) is 31.2 Å². The summed E-state index contributed by atoms with van der Waals surface area (Å²) in [6.45, 7) is 6.89. The molecular weight excluding hydrogens is 334 g/mol. The van der Waals surface area contributed by atoms with Gasteiger partial charge in [-0.05, 0) is 17.5 Å². The maximum atomic E-state index is 11.1. The first-order valence-corrected chi connectivity index (χ1v) is 9.14. The van der Waals surface area contributed by atoms with E-state index in [1.54, 1.807) is 0 Å². The fourth-order valence-electron chi connectivity index (χ4n) is 3.18. The smallest absolute Gasteiger partial charge is 0.317 e. The van der Waals surface area contributed by atoms with Crippen molar-refractivity contribution in [2.24, 2.45) is 0 Å². The van der Waals surface area contributed by atoms with E-state index in [1.807, 2.05) is 9.80 Å². The lowest BCUT2D eigenvalue weighted by Gasteiger charge is -2.25. The van der Waals surface area contributed by atoms with Crippen LogP contribution in [-0.2, 0) is 22.6 Å². The number of nitrogens with zero attached hydrogens (tertiary/aromatic N) is 3. The third kappa shape index (κ3) is 7.11. The molecule has 0 bridgehead atoms. The fourth-order valence-corrected chi connectivity index (χ4v) is 3.18. The van der Waals surface area contributed by atoms with Crippen LogP contribution in [0.2, 0.25) is 0 Å². The second kappa shape index (κ2) is 10.3. The molecule has 0 aliphatic carbocycles. The van der Waals surface area contributed by atoms with Crippen molar-refractivity contribution in [3.8, 4) is 0 Å². The molecule has 0 amide bonds. The Kier molecular flexibility index (Phi) is 8.03. The van der Waals surface area contributed by atoms with Gasteiger partial charge in [-0.15, -0.1) is 0 Å². The van der Waals surface area contributed by atoms with Crippen molar-refractivity contribution < 1.29 is 19.8 Å². The van der Waals surface area contributed by atoms with Gasteiger partial charge in [0.2, 0.25) is 0 Å². The van der Waals surface area contributed by atoms with E-state index in [1.165, 1.54) is 11.1 Å². The molecule has 26 heavy (non-hydrogen) atoms. The van der Waals surface area contributed by atoms with Crippen LogP contribution >= 0.6 is 0 Å². The molecule has 1 fully saturated rings. The van der Waals surface area contributed by atoms with Gasteiger partial charge in [0.15, 0.2) is 0 Å². The standard InChI is InChI=1S/C19H29N3O4/c1-2-16-3-5-17(6-4-16)13-20-7-9-21(14-18(23)24)11-12-22(10-8-20)15-19(25)26/h3-6H,2,7-15H2,1H3,(H,23,24)(H,25,26). The van der Waals surface area contributed by atoms with Crippen LogP contribution in [0, 0.1) is 0 Å². The zero-order chi connectivity index (χ0) is 18.9. The van der Waals surface area contributed by atoms with Crippen LogP contribution in [-0.4, -0.2) is 89.2 Å². The van der Waals surface area contributed by atoms with Crippen molar-refractivity contribution >= 4 is 11.9 Å². The van der Waals surface area contributed by atoms with Crippen LogP contribution < -0.4 is 0 Å². The molecule has 2 N–H and O–H groups in total. The molecule has 0 radical (unpaired) electrons. The Bertz CT molecular complexity index is 563. The highest BCUT2D eigenvalue weighted by Crippen LogP contribution is 2.10. The van der Waals surface area contributed by atoms with Crippen LogP contribution in [0.1, 0.15) is 18.1 Å². The van der Waals surface area contributed by atoms with Gasteiger partial charge in [0.05, 0.1) is 13.1 Å². The Morgan fingerprint density at radius 2 is 1.15 bits per heavy atom. The van der Waals surface area contributed by atoms with E-state index in [2.05, 4.69) is 36.1 Å². The maximum Gasteiger partial charge on any atom is 0.317 e. The monoisotopic (exact) mass is 363 g/mol. The molecule has 1 aliphatic heterocycles. The fraction of sp³-hybridized carbons (Fsp3) is 0.579. The molecule has 0 atom stereocenters. The van der Waals surface area contributed by atoms with Gasteiger partial charge in [-0.2, -0.15) is 0 Å². The predicted octanol–water partition coefficient (Wildman–Crippen LogP) is 0.838. The van der Waals surface area contributed by atoms with Crippen LogP contribution in [0.5, 0.6) is 0 Å². The van der Waals surface area contributed by atoms with E-state index in [-0.39, 0.29) is 13.1 Å². The van der Waals surface area contributed by atoms with Gasteiger partial charge >= 0.3 is 11.9 Å². The van der Waals surface area contributed by atoms with Gasteiger partial charge in [0.25, 0.3) is 0 Å². The molecule has 1 saturated heterocycles. The van der Waals surface area contributed by atoms with Crippen molar-refractivity contribution in [1.82, 2.24) is 14.7 Å². The van der Waals surface area contributed by atoms with E-state index < -0.39 is 11.9 Å². The molecule has 0 aromatic heterocycles. The Hall–Kier alpha value is -1.96. The highest BCUT2D eigenvalue weighted by molar-refractivity contribution is 5.69. The molecule has 7 nitrogen and oxygen atoms in total. The summed E-state index contributed by atoms with van der Waals surface area (Å²) in [5.41, 5.74) is 2.52. The van der Waals surface area contributed by atoms with E-state index in [4.69, 9.17) is 10.2 Å². The average molecular weight is 363 g/mol. The summed E-state index contributed by atoms with van der Waals surface area (Å²) in [4.78, 5) is 28.2. The Morgan fingerprint density at radius 3 is 1.54 bits per heavy atom. The Balaban J connectivity index is 2.03. The molecule has 2 rings (SSSR count). The van der Waals surface area contributed by atoms with Gasteiger partial charge in [-0.3, -0.25) is 24.3 Å². The summed E-state index contributed by atoms with van der Waals surface area (Å²) in [7, 11) is 0. The van der Waals surface area contributed by atoms with E-state index >= 15 is 0 Å². The number of aliphatic carboxylic acids is 2. The third-order valence-electron chi connectivity index (χ3n) is 4.75. The zero-order valence-electron chi connectivity index (χ0n) is 15.4. The first-order chi connectivity index (χ1) is 12.5. The minimum atomic E-state index is -0.851. The maximum absolute atomic E-state index is 11.1. The predicted molar refractivity (Wildman–Crippen MR) is 99.2 cm³/mol. The molecule has 7 heteroatoms. The third-order valence-corrected chi connectivity index (χ3v) is 4.75. The summed E-state index contributed by atoms with van der Waals surface area (Å²) < 4.78 is 0. The lowest BCUT2D eigenvalue weighted by atomic mass is 10.1. The molecular formula is C19H29N3O4. The topological polar surface area (TPSA) is 84.3 Å². The van der Waals surface area contributed by atoms with Crippen LogP contribution in [0.3, 0.4) is 0 Å². The zero-order valence-corrected chi connectivity index (χ0v) is 15.4. The summed E-state index contributed by atoms with van der Waals surface area (Å²) in [6.07, 6.45) is 1.01. The van der Waals surface area contributed by atoms with Gasteiger partial charge in [0.1, 0.15) is 0 Å². The number of hydrogen-bond acceptors (Lipinski definition) is 5. The number of rotatable bonds is 7. The summed E-state index contributed by atoms with van der Waals surface area (Å²) in [5, 5.41) is 18.2. The van der Waals surface area contributed by atoms with E-state index in [9.17, 15) is 9.59 Å². The SMILES string of the molecule is CCc1ccc(CN2CCN(CC(=O)O)CCN(CC(=O)O)CC2)cc1. The lowest BCUT2D eigenvalue weighted by Crippen LogP contribution is -2.40. The minimum absolute atomic E-state index is 0.0139. The van der Waals surface area contributed by atoms with Crippen molar-refractivity contribution in [2.75, 3.05) is 52.4 Å². The molecule has 0 spiro atoms. The number of carboxylic acids is 2. The van der Waals surface area contributed by atoms with Crippen LogP contribution in [0.15, 0.2) is 24.3 Å². The molecule has 0 saturated carbocycles. The number of benzene rings is 1. The second-order valence-corrected chi connectivity index (χ2v) is 6.79. The summed E-state index contributed by atoms with van der Waals surface area (Å²) >= 11 is 0. The summed E-state index contributed by atoms with van der Waals surface area (Å²) in [6, 6.07) is 8.54. The second-order valence-electron chi connectivity index (χ2n) is 6.79. The largest absolute Gasteiger partial charge is 0.480 e. The number of hydrogen-bond donors (Lipinski definition) is 2. The number of carbonyl (C=O) groups is 2. The Morgan fingerprint density at radius 1 is 0.769 bits per heavy atom. The van der Waals surface area contributed by atoms with Crippen molar-refractivity contribution in [2.45, 2.75) is 19.9 Å². The summed E-state index contributed by atoms with van der Waals surface area (Å²) in [5.74, 6) is -1.70. The molecule has 144 valence electrons. The first-order valence-electron chi connectivity index (χ1n) is 9.14. The number of carboxylic acid groups (broad SMARTS) is 2. The molecule has 1 aromatic rings. The average Bonchev–Trinajstić information content (AvgIpc) is 2.68. The highest BCUT2D eigenvalue weighted by atomic mass is 16.4. The van der Waals surface area contributed by atoms with Crippen LogP contribution in [0.4, 0.5) is 0 Å². The van der Waals surface area contributed by atoms with Crippen molar-refractivity contribution in [3.63, 3.8) is 0 Å². The quantitative estimate of drug-likeness (QED) is 0.742. The van der Waals surface area contributed by atoms with E-state index in [0.29, 0.717) is 26.2 Å². The molecule has 1 aromatic carbocycles. The Labute approximate surface area is 154 Å². The molecule has 0 unspecified atom stereocenters. The molecule has 1 aliphatic rings. The van der Waals surface area contributed by atoms with Gasteiger partial charge < -0.3 is 10.2 Å². The van der Waals surface area contributed by atoms with E-state index in [0.717, 1.165) is 26.1 Å². The highest BCUT2D eigenvalue weighted by Gasteiger charge is 2.19. The van der Waals surface area contributed by atoms with Crippen LogP contribution in [0.25, 0.3) is 0 Å². The van der Waals surface area contributed by atoms with Crippen molar-refractivity contribution in [1.29, 1.82) is 0 Å². The molecule has 1 heterocycles. The minimum Gasteiger partial charge on any atom is -0.480 e. The normalized spacial score (nSPS) is 18.0.